The Morgan fingerprint density at radius 3 is 2.42 bits per heavy atom. The van der Waals surface area contributed by atoms with E-state index in [1.54, 1.807) is 85.7 Å². The number of carbonyl (C=O) groups excluding carboxylic acids is 2. The summed E-state index contributed by atoms with van der Waals surface area (Å²) < 4.78 is 11.7. The van der Waals surface area contributed by atoms with Gasteiger partial charge in [0, 0.05) is 31.2 Å². The lowest BCUT2D eigenvalue weighted by atomic mass is 9.98. The van der Waals surface area contributed by atoms with Gasteiger partial charge in [-0.1, -0.05) is 25.1 Å². The number of carboxylic acids is 1. The Labute approximate surface area is 251 Å². The fourth-order valence-electron chi connectivity index (χ4n) is 4.95. The van der Waals surface area contributed by atoms with E-state index in [1.165, 1.54) is 0 Å². The van der Waals surface area contributed by atoms with E-state index in [0.29, 0.717) is 36.8 Å². The van der Waals surface area contributed by atoms with Gasteiger partial charge >= 0.3 is 12.0 Å². The number of para-hydroxylation sites is 1. The highest BCUT2D eigenvalue weighted by Gasteiger charge is 2.34. The second kappa shape index (κ2) is 14.0. The van der Waals surface area contributed by atoms with Crippen LogP contribution >= 0.6 is 0 Å². The summed E-state index contributed by atoms with van der Waals surface area (Å²) in [5.41, 5.74) is 2.33. The Bertz CT molecular complexity index is 1430. The van der Waals surface area contributed by atoms with Gasteiger partial charge in [0.1, 0.15) is 11.9 Å². The van der Waals surface area contributed by atoms with Crippen LogP contribution < -0.4 is 20.1 Å². The molecule has 3 atom stereocenters. The zero-order valence-corrected chi connectivity index (χ0v) is 24.7. The number of nitrogens with one attached hydrogen (secondary N) is 2. The van der Waals surface area contributed by atoms with Gasteiger partial charge in [-0.15, -0.1) is 0 Å². The molecule has 228 valence electrons. The fourth-order valence-corrected chi connectivity index (χ4v) is 4.95. The molecular weight excluding hydrogens is 552 g/mol. The molecule has 0 aliphatic carbocycles. The van der Waals surface area contributed by atoms with Gasteiger partial charge in [0.15, 0.2) is 5.75 Å². The number of amides is 3. The highest BCUT2D eigenvalue weighted by molar-refractivity contribution is 6.04. The van der Waals surface area contributed by atoms with Gasteiger partial charge in [0.05, 0.1) is 36.6 Å². The lowest BCUT2D eigenvalue weighted by Crippen LogP contribution is -2.49. The molecule has 0 radical (unpaired) electrons. The number of ether oxygens (including phenoxy) is 2. The molecule has 4 rings (SSSR count). The van der Waals surface area contributed by atoms with Crippen LogP contribution in [0.15, 0.2) is 66.7 Å². The molecule has 1 aliphatic heterocycles. The third-order valence-corrected chi connectivity index (χ3v) is 7.43. The van der Waals surface area contributed by atoms with E-state index in [-0.39, 0.29) is 35.3 Å². The van der Waals surface area contributed by atoms with E-state index in [0.717, 1.165) is 5.56 Å². The number of aliphatic hydroxyl groups excluding tert-OH is 1. The Kier molecular flexibility index (Phi) is 10.2. The predicted octanol–water partition coefficient (Wildman–Crippen LogP) is 4.39. The van der Waals surface area contributed by atoms with E-state index in [1.807, 2.05) is 14.0 Å². The van der Waals surface area contributed by atoms with Gasteiger partial charge in [0.2, 0.25) is 0 Å². The standard InChI is InChI=1S/C32H38N4O7/c1-20-16-36(21(2)19-37)30(38)26-6-5-7-27(34-32(41)33-24-12-14-25(42-4)15-13-24)29(26)43-28(20)18-35(3)17-22-8-10-23(11-9-22)31(39)40/h5-15,20-21,28,37H,16-19H2,1-4H3,(H,39,40)(H2,33,34,41)/t20-,21+,28+/m0/s1. The minimum Gasteiger partial charge on any atom is -0.497 e. The van der Waals surface area contributed by atoms with E-state index < -0.39 is 24.1 Å². The third-order valence-electron chi connectivity index (χ3n) is 7.43. The molecule has 3 aromatic rings. The minimum absolute atomic E-state index is 0.135. The van der Waals surface area contributed by atoms with Crippen LogP contribution in [0.3, 0.4) is 0 Å². The molecular formula is C32H38N4O7. The maximum Gasteiger partial charge on any atom is 0.335 e. The number of nitrogens with zero attached hydrogens (tertiary/aromatic N) is 2. The summed E-state index contributed by atoms with van der Waals surface area (Å²) in [7, 11) is 3.50. The number of fused-ring (bicyclic) bond motifs is 1. The monoisotopic (exact) mass is 590 g/mol. The molecule has 0 spiro atoms. The van der Waals surface area contributed by atoms with Crippen molar-refractivity contribution in [3.8, 4) is 11.5 Å². The number of aromatic carboxylic acids is 1. The summed E-state index contributed by atoms with van der Waals surface area (Å²) in [6, 6.07) is 17.7. The first-order chi connectivity index (χ1) is 20.6. The summed E-state index contributed by atoms with van der Waals surface area (Å²) in [6.45, 7) is 4.96. The van der Waals surface area contributed by atoms with Crippen LogP contribution in [0.5, 0.6) is 11.5 Å². The number of benzene rings is 3. The molecule has 3 aromatic carbocycles. The number of urea groups is 1. The number of carbonyl (C=O) groups is 3. The normalized spacial score (nSPS) is 17.3. The number of likely N-dealkylation sites (N-methyl/N-ethyl adjacent to an activating group) is 1. The quantitative estimate of drug-likeness (QED) is 0.273. The van der Waals surface area contributed by atoms with E-state index >= 15 is 0 Å². The lowest BCUT2D eigenvalue weighted by Gasteiger charge is -2.38. The number of aliphatic hydroxyl groups is 1. The molecule has 0 unspecified atom stereocenters. The lowest BCUT2D eigenvalue weighted by molar-refractivity contribution is 0.0343. The van der Waals surface area contributed by atoms with Crippen molar-refractivity contribution in [2.24, 2.45) is 5.92 Å². The van der Waals surface area contributed by atoms with Gasteiger partial charge in [-0.2, -0.15) is 0 Å². The van der Waals surface area contributed by atoms with Crippen LogP contribution in [0.25, 0.3) is 0 Å². The van der Waals surface area contributed by atoms with Gasteiger partial charge < -0.3 is 35.2 Å². The first-order valence-electron chi connectivity index (χ1n) is 14.0. The molecule has 1 heterocycles. The van der Waals surface area contributed by atoms with Crippen molar-refractivity contribution >= 4 is 29.3 Å². The van der Waals surface area contributed by atoms with Gasteiger partial charge in [-0.25, -0.2) is 9.59 Å². The second-order valence-electron chi connectivity index (χ2n) is 10.8. The molecule has 4 N–H and O–H groups in total. The van der Waals surface area contributed by atoms with Crippen LogP contribution in [-0.2, 0) is 6.54 Å². The number of anilines is 2. The van der Waals surface area contributed by atoms with Crippen molar-refractivity contribution in [2.45, 2.75) is 32.5 Å². The Morgan fingerprint density at radius 1 is 1.09 bits per heavy atom. The molecule has 11 heteroatoms. The van der Waals surface area contributed by atoms with Crippen molar-refractivity contribution in [1.82, 2.24) is 9.80 Å². The predicted molar refractivity (Wildman–Crippen MR) is 163 cm³/mol. The maximum absolute atomic E-state index is 13.7. The van der Waals surface area contributed by atoms with Gasteiger partial charge in [-0.3, -0.25) is 9.69 Å². The van der Waals surface area contributed by atoms with E-state index in [4.69, 9.17) is 9.47 Å². The second-order valence-corrected chi connectivity index (χ2v) is 10.8. The summed E-state index contributed by atoms with van der Waals surface area (Å²) in [5.74, 6) is -0.500. The SMILES string of the molecule is COc1ccc(NC(=O)Nc2cccc3c2O[C@H](CN(C)Cc2ccc(C(=O)O)cc2)[C@@H](C)CN([C@H](C)CO)C3=O)cc1. The molecule has 43 heavy (non-hydrogen) atoms. The summed E-state index contributed by atoms with van der Waals surface area (Å²) in [5, 5.41) is 24.7. The van der Waals surface area contributed by atoms with Crippen molar-refractivity contribution in [3.05, 3.63) is 83.4 Å². The number of hydrogen-bond donors (Lipinski definition) is 4. The van der Waals surface area contributed by atoms with Crippen molar-refractivity contribution in [1.29, 1.82) is 0 Å². The van der Waals surface area contributed by atoms with Crippen LogP contribution in [0, 0.1) is 5.92 Å². The van der Waals surface area contributed by atoms with Crippen molar-refractivity contribution in [2.75, 3.05) is 44.5 Å². The zero-order valence-electron chi connectivity index (χ0n) is 24.7. The first-order valence-corrected chi connectivity index (χ1v) is 14.0. The molecule has 11 nitrogen and oxygen atoms in total. The Morgan fingerprint density at radius 2 is 1.79 bits per heavy atom. The maximum atomic E-state index is 13.7. The number of carboxylic acid groups (broad SMARTS) is 1. The molecule has 0 saturated carbocycles. The average molecular weight is 591 g/mol. The minimum atomic E-state index is -0.978. The summed E-state index contributed by atoms with van der Waals surface area (Å²) in [6.07, 6.45) is -0.392. The molecule has 3 amide bonds. The third kappa shape index (κ3) is 7.82. The highest BCUT2D eigenvalue weighted by atomic mass is 16.5. The van der Waals surface area contributed by atoms with Gasteiger partial charge in [-0.05, 0) is 68.1 Å². The molecule has 0 fully saturated rings. The van der Waals surface area contributed by atoms with Gasteiger partial charge in [0.25, 0.3) is 5.91 Å². The summed E-state index contributed by atoms with van der Waals surface area (Å²) >= 11 is 0. The fraction of sp³-hybridized carbons (Fsp3) is 0.344. The van der Waals surface area contributed by atoms with E-state index in [2.05, 4.69) is 15.5 Å². The van der Waals surface area contributed by atoms with Crippen LogP contribution in [0.2, 0.25) is 0 Å². The smallest absolute Gasteiger partial charge is 0.335 e. The van der Waals surface area contributed by atoms with Crippen LogP contribution in [0.4, 0.5) is 16.2 Å². The Hall–Kier alpha value is -4.61. The first kappa shape index (κ1) is 31.3. The summed E-state index contributed by atoms with van der Waals surface area (Å²) in [4.78, 5) is 41.6. The average Bonchev–Trinajstić information content (AvgIpc) is 2.99. The molecule has 0 aromatic heterocycles. The molecule has 0 saturated heterocycles. The zero-order chi connectivity index (χ0) is 31.1. The number of rotatable bonds is 10. The molecule has 1 aliphatic rings. The largest absolute Gasteiger partial charge is 0.497 e. The van der Waals surface area contributed by atoms with E-state index in [9.17, 15) is 24.6 Å². The van der Waals surface area contributed by atoms with Crippen molar-refractivity contribution in [3.63, 3.8) is 0 Å². The molecule has 0 bridgehead atoms. The number of hydrogen-bond acceptors (Lipinski definition) is 7. The van der Waals surface area contributed by atoms with Crippen LogP contribution in [-0.4, -0.2) is 83.9 Å². The van der Waals surface area contributed by atoms with Crippen LogP contribution in [0.1, 0.15) is 40.1 Å². The number of methoxy groups -OCH3 is 1. The topological polar surface area (TPSA) is 141 Å². The van der Waals surface area contributed by atoms with Crippen molar-refractivity contribution < 1.29 is 34.1 Å². The highest BCUT2D eigenvalue weighted by Crippen LogP contribution is 2.35. The Balaban J connectivity index is 1.59.